The van der Waals surface area contributed by atoms with Gasteiger partial charge in [-0.1, -0.05) is 0 Å². The van der Waals surface area contributed by atoms with E-state index >= 15 is 0 Å². The van der Waals surface area contributed by atoms with Crippen molar-refractivity contribution in [2.24, 2.45) is 0 Å². The van der Waals surface area contributed by atoms with Crippen molar-refractivity contribution in [3.63, 3.8) is 0 Å². The van der Waals surface area contributed by atoms with Gasteiger partial charge in [-0.05, 0) is 52.2 Å². The molecule has 0 bridgehead atoms. The van der Waals surface area contributed by atoms with E-state index in [2.05, 4.69) is 0 Å². The number of hydrogen-bond donors (Lipinski definition) is 1. The van der Waals surface area contributed by atoms with E-state index in [1.54, 1.807) is 11.0 Å². The highest BCUT2D eigenvalue weighted by Crippen LogP contribution is 2.39. The third-order valence-corrected chi connectivity index (χ3v) is 4.32. The van der Waals surface area contributed by atoms with Gasteiger partial charge >= 0.3 is 12.1 Å². The molecule has 0 aromatic heterocycles. The lowest BCUT2D eigenvalue weighted by atomic mass is 9.97. The monoisotopic (exact) mass is 349 g/mol. The van der Waals surface area contributed by atoms with Crippen molar-refractivity contribution in [2.45, 2.75) is 51.7 Å². The highest BCUT2D eigenvalue weighted by molar-refractivity contribution is 5.91. The van der Waals surface area contributed by atoms with Gasteiger partial charge < -0.3 is 24.2 Å². The van der Waals surface area contributed by atoms with Gasteiger partial charge in [0.25, 0.3) is 0 Å². The van der Waals surface area contributed by atoms with Crippen molar-refractivity contribution in [2.75, 3.05) is 13.3 Å². The maximum atomic E-state index is 12.4. The number of amides is 1. The van der Waals surface area contributed by atoms with Crippen molar-refractivity contribution in [1.29, 1.82) is 0 Å². The van der Waals surface area contributed by atoms with Crippen LogP contribution < -0.4 is 9.47 Å². The Balaban J connectivity index is 1.85. The molecule has 3 rings (SSSR count). The molecule has 2 aliphatic heterocycles. The number of hydrogen-bond acceptors (Lipinski definition) is 5. The molecule has 0 spiro atoms. The maximum Gasteiger partial charge on any atom is 0.410 e. The molecule has 1 amide bonds. The summed E-state index contributed by atoms with van der Waals surface area (Å²) in [6.07, 6.45) is 1.69. The number of likely N-dealkylation sites (tertiary alicyclic amines) is 1. The Kier molecular flexibility index (Phi) is 4.49. The molecule has 7 nitrogen and oxygen atoms in total. The number of carbonyl (C=O) groups excluding carboxylic acids is 1. The first-order valence-electron chi connectivity index (χ1n) is 8.40. The molecule has 1 saturated heterocycles. The summed E-state index contributed by atoms with van der Waals surface area (Å²) in [5.74, 6) is -0.00660. The van der Waals surface area contributed by atoms with Gasteiger partial charge in [0.1, 0.15) is 5.60 Å². The van der Waals surface area contributed by atoms with Gasteiger partial charge in [-0.3, -0.25) is 0 Å². The Morgan fingerprint density at radius 1 is 1.32 bits per heavy atom. The van der Waals surface area contributed by atoms with E-state index in [9.17, 15) is 14.7 Å². The molecule has 1 aromatic rings. The van der Waals surface area contributed by atoms with Crippen molar-refractivity contribution >= 4 is 12.1 Å². The first kappa shape index (κ1) is 17.4. The number of nitrogens with zero attached hydrogens (tertiary/aromatic N) is 1. The quantitative estimate of drug-likeness (QED) is 0.903. The number of carboxylic acid groups (broad SMARTS) is 1. The molecular formula is C18H23NO6. The molecular weight excluding hydrogens is 326 g/mol. The average Bonchev–Trinajstić information content (AvgIpc) is 3.13. The summed E-state index contributed by atoms with van der Waals surface area (Å²) in [5.41, 5.74) is 0.185. The van der Waals surface area contributed by atoms with Crippen LogP contribution in [0, 0.1) is 0 Å². The Hall–Kier alpha value is -2.44. The van der Waals surface area contributed by atoms with E-state index in [-0.39, 0.29) is 24.5 Å². The van der Waals surface area contributed by atoms with E-state index in [1.165, 1.54) is 6.07 Å². The number of ether oxygens (including phenoxy) is 3. The van der Waals surface area contributed by atoms with Crippen LogP contribution in [0.25, 0.3) is 0 Å². The Bertz CT molecular complexity index is 694. The molecule has 0 unspecified atom stereocenters. The van der Waals surface area contributed by atoms with Crippen LogP contribution in [0.3, 0.4) is 0 Å². The van der Waals surface area contributed by atoms with Crippen LogP contribution in [0.1, 0.15) is 49.5 Å². The van der Waals surface area contributed by atoms with E-state index in [0.29, 0.717) is 30.0 Å². The molecule has 0 aliphatic carbocycles. The second-order valence-electron chi connectivity index (χ2n) is 7.30. The Morgan fingerprint density at radius 3 is 2.76 bits per heavy atom. The Morgan fingerprint density at radius 2 is 2.08 bits per heavy atom. The van der Waals surface area contributed by atoms with Gasteiger partial charge in [0, 0.05) is 18.2 Å². The Labute approximate surface area is 146 Å². The normalized spacial score (nSPS) is 19.2. The molecule has 25 heavy (non-hydrogen) atoms. The summed E-state index contributed by atoms with van der Waals surface area (Å²) in [6, 6.07) is 3.01. The van der Waals surface area contributed by atoms with E-state index in [4.69, 9.17) is 14.2 Å². The van der Waals surface area contributed by atoms with Crippen molar-refractivity contribution in [3.05, 3.63) is 23.3 Å². The summed E-state index contributed by atoms with van der Waals surface area (Å²) in [5, 5.41) is 9.50. The number of benzene rings is 1. The number of carboxylic acids is 1. The lowest BCUT2D eigenvalue weighted by Gasteiger charge is -2.29. The molecule has 0 radical (unpaired) electrons. The zero-order valence-electron chi connectivity index (χ0n) is 14.7. The zero-order chi connectivity index (χ0) is 18.2. The highest BCUT2D eigenvalue weighted by Gasteiger charge is 2.35. The number of carbonyl (C=O) groups is 2. The summed E-state index contributed by atoms with van der Waals surface area (Å²) in [7, 11) is 0. The molecule has 1 fully saturated rings. The van der Waals surface area contributed by atoms with Crippen LogP contribution in [0.4, 0.5) is 4.79 Å². The van der Waals surface area contributed by atoms with Gasteiger partial charge in [-0.25, -0.2) is 9.59 Å². The van der Waals surface area contributed by atoms with Gasteiger partial charge in [0.15, 0.2) is 11.5 Å². The van der Waals surface area contributed by atoms with Crippen molar-refractivity contribution in [3.8, 4) is 11.5 Å². The first-order chi connectivity index (χ1) is 11.8. The average molecular weight is 349 g/mol. The number of rotatable bonds is 3. The van der Waals surface area contributed by atoms with E-state index < -0.39 is 11.6 Å². The van der Waals surface area contributed by atoms with E-state index in [1.807, 2.05) is 20.8 Å². The largest absolute Gasteiger partial charge is 0.478 e. The maximum absolute atomic E-state index is 12.4. The van der Waals surface area contributed by atoms with Crippen LogP contribution in [0.5, 0.6) is 11.5 Å². The van der Waals surface area contributed by atoms with Crippen molar-refractivity contribution in [1.82, 2.24) is 4.90 Å². The smallest absolute Gasteiger partial charge is 0.410 e. The van der Waals surface area contributed by atoms with Crippen molar-refractivity contribution < 1.29 is 28.9 Å². The molecule has 136 valence electrons. The SMILES string of the molecule is CC(C)(C)OC(=O)N1CCC[C@H]1Cc1c(C(=O)O)ccc2c1OCO2. The molecule has 2 heterocycles. The van der Waals surface area contributed by atoms with Crippen LogP contribution in [0.15, 0.2) is 12.1 Å². The fourth-order valence-electron chi connectivity index (χ4n) is 3.28. The second kappa shape index (κ2) is 6.46. The standard InChI is InChI=1S/C18H23NO6/c1-18(2,3)25-17(22)19-8-4-5-11(19)9-13-12(16(20)21)6-7-14-15(13)24-10-23-14/h6-7,11H,4-5,8-10H2,1-3H3,(H,20,21)/t11-/m0/s1. The first-order valence-corrected chi connectivity index (χ1v) is 8.40. The summed E-state index contributed by atoms with van der Waals surface area (Å²) >= 11 is 0. The lowest BCUT2D eigenvalue weighted by molar-refractivity contribution is 0.0226. The van der Waals surface area contributed by atoms with E-state index in [0.717, 1.165) is 12.8 Å². The highest BCUT2D eigenvalue weighted by atomic mass is 16.7. The lowest BCUT2D eigenvalue weighted by Crippen LogP contribution is -2.40. The van der Waals surface area contributed by atoms with Crippen LogP contribution >= 0.6 is 0 Å². The predicted octanol–water partition coefficient (Wildman–Crippen LogP) is 3.06. The summed E-state index contributed by atoms with van der Waals surface area (Å²) in [6.45, 7) is 6.16. The van der Waals surface area contributed by atoms with Gasteiger partial charge in [-0.2, -0.15) is 0 Å². The van der Waals surface area contributed by atoms with Crippen LogP contribution in [0.2, 0.25) is 0 Å². The minimum absolute atomic E-state index is 0.0753. The van der Waals surface area contributed by atoms with Crippen LogP contribution in [-0.2, 0) is 11.2 Å². The molecule has 7 heteroatoms. The molecule has 2 aliphatic rings. The second-order valence-corrected chi connectivity index (χ2v) is 7.30. The molecule has 1 aromatic carbocycles. The van der Waals surface area contributed by atoms with Gasteiger partial charge in [0.05, 0.1) is 5.56 Å². The summed E-state index contributed by atoms with van der Waals surface area (Å²) < 4.78 is 16.3. The molecule has 1 N–H and O–H groups in total. The molecule has 1 atom stereocenters. The van der Waals surface area contributed by atoms with Gasteiger partial charge in [-0.15, -0.1) is 0 Å². The predicted molar refractivity (Wildman–Crippen MR) is 89.2 cm³/mol. The number of fused-ring (bicyclic) bond motifs is 1. The third kappa shape index (κ3) is 3.65. The minimum atomic E-state index is -1.02. The topological polar surface area (TPSA) is 85.3 Å². The minimum Gasteiger partial charge on any atom is -0.478 e. The third-order valence-electron chi connectivity index (χ3n) is 4.32. The zero-order valence-corrected chi connectivity index (χ0v) is 14.7. The molecule has 0 saturated carbocycles. The van der Waals surface area contributed by atoms with Crippen LogP contribution in [-0.4, -0.2) is 47.0 Å². The van der Waals surface area contributed by atoms with Gasteiger partial charge in [0.2, 0.25) is 6.79 Å². The number of aromatic carboxylic acids is 1. The fourth-order valence-corrected chi connectivity index (χ4v) is 3.28. The fraction of sp³-hybridized carbons (Fsp3) is 0.556. The summed E-state index contributed by atoms with van der Waals surface area (Å²) in [4.78, 5) is 25.7.